The molecule has 0 aliphatic rings. The second-order valence-electron chi connectivity index (χ2n) is 5.43. The summed E-state index contributed by atoms with van der Waals surface area (Å²) in [5, 5.41) is 4.15. The van der Waals surface area contributed by atoms with Crippen molar-refractivity contribution >= 4 is 27.5 Å². The van der Waals surface area contributed by atoms with Crippen LogP contribution in [-0.4, -0.2) is 15.1 Å². The summed E-state index contributed by atoms with van der Waals surface area (Å²) in [5.74, 6) is 0. The van der Waals surface area contributed by atoms with Crippen LogP contribution in [0.2, 0.25) is 5.02 Å². The minimum absolute atomic E-state index is 0.0701. The fourth-order valence-corrected chi connectivity index (χ4v) is 2.33. The lowest BCUT2D eigenvalue weighted by molar-refractivity contribution is 0.419. The molecule has 0 aliphatic heterocycles. The summed E-state index contributed by atoms with van der Waals surface area (Å²) in [6.07, 6.45) is 3.67. The van der Waals surface area contributed by atoms with Crippen LogP contribution < -0.4 is 5.32 Å². The Balaban J connectivity index is 2.31. The minimum atomic E-state index is 0.0701. The van der Waals surface area contributed by atoms with Crippen molar-refractivity contribution < 1.29 is 0 Å². The van der Waals surface area contributed by atoms with E-state index in [1.807, 2.05) is 29.0 Å². The summed E-state index contributed by atoms with van der Waals surface area (Å²) < 4.78 is 2.92. The number of benzene rings is 1. The summed E-state index contributed by atoms with van der Waals surface area (Å²) >= 11 is 9.66. The maximum atomic E-state index is 6.14. The van der Waals surface area contributed by atoms with E-state index < -0.39 is 0 Å². The normalized spacial score (nSPS) is 11.8. The molecular weight excluding hydrogens is 326 g/mol. The van der Waals surface area contributed by atoms with Crippen molar-refractivity contribution in [2.24, 2.45) is 0 Å². The Morgan fingerprint density at radius 2 is 2.11 bits per heavy atom. The first-order valence-corrected chi connectivity index (χ1v) is 7.26. The number of nitrogens with one attached hydrogen (secondary N) is 1. The smallest absolute Gasteiger partial charge is 0.0995 e. The summed E-state index contributed by atoms with van der Waals surface area (Å²) in [6.45, 7) is 7.18. The van der Waals surface area contributed by atoms with Gasteiger partial charge in [-0.1, -0.05) is 17.7 Å². The van der Waals surface area contributed by atoms with E-state index in [4.69, 9.17) is 11.6 Å². The number of hydrogen-bond donors (Lipinski definition) is 1. The van der Waals surface area contributed by atoms with Crippen LogP contribution >= 0.6 is 27.5 Å². The van der Waals surface area contributed by atoms with Crippen molar-refractivity contribution in [2.45, 2.75) is 32.9 Å². The van der Waals surface area contributed by atoms with E-state index >= 15 is 0 Å². The van der Waals surface area contributed by atoms with E-state index in [-0.39, 0.29) is 5.54 Å². The average Bonchev–Trinajstić information content (AvgIpc) is 2.77. The molecule has 1 aromatic carbocycles. The second kappa shape index (κ2) is 5.65. The maximum absolute atomic E-state index is 6.14. The van der Waals surface area contributed by atoms with E-state index in [2.05, 4.69) is 47.0 Å². The van der Waals surface area contributed by atoms with Gasteiger partial charge in [-0.15, -0.1) is 0 Å². The Kier molecular flexibility index (Phi) is 4.33. The minimum Gasteiger partial charge on any atom is -0.306 e. The summed E-state index contributed by atoms with van der Waals surface area (Å²) in [7, 11) is 0. The molecule has 102 valence electrons. The third kappa shape index (κ3) is 3.59. The summed E-state index contributed by atoms with van der Waals surface area (Å²) in [4.78, 5) is 4.23. The molecule has 1 N–H and O–H groups in total. The molecule has 5 heteroatoms. The molecular formula is C14H17BrClN3. The predicted octanol–water partition coefficient (Wildman–Crippen LogP) is 4.18. The molecule has 1 heterocycles. The van der Waals surface area contributed by atoms with Gasteiger partial charge in [-0.05, 0) is 48.8 Å². The van der Waals surface area contributed by atoms with Crippen molar-refractivity contribution in [3.05, 3.63) is 45.9 Å². The second-order valence-corrected chi connectivity index (χ2v) is 6.63. The van der Waals surface area contributed by atoms with Crippen LogP contribution in [0.25, 0.3) is 5.69 Å². The Labute approximate surface area is 127 Å². The highest BCUT2D eigenvalue weighted by Crippen LogP contribution is 2.29. The van der Waals surface area contributed by atoms with Crippen LogP contribution in [0.5, 0.6) is 0 Å². The van der Waals surface area contributed by atoms with Crippen molar-refractivity contribution in [2.75, 3.05) is 0 Å². The average molecular weight is 343 g/mol. The van der Waals surface area contributed by atoms with Crippen molar-refractivity contribution in [3.63, 3.8) is 0 Å². The number of halogens is 2. The topological polar surface area (TPSA) is 29.9 Å². The molecule has 0 atom stereocenters. The molecule has 2 aromatic rings. The zero-order valence-corrected chi connectivity index (χ0v) is 13.6. The molecule has 19 heavy (non-hydrogen) atoms. The molecule has 0 radical (unpaired) electrons. The van der Waals surface area contributed by atoms with Gasteiger partial charge >= 0.3 is 0 Å². The largest absolute Gasteiger partial charge is 0.306 e. The Hall–Kier alpha value is -0.840. The van der Waals surface area contributed by atoms with Crippen LogP contribution in [0, 0.1) is 0 Å². The first kappa shape index (κ1) is 14.6. The fraction of sp³-hybridized carbons (Fsp3) is 0.357. The molecule has 0 spiro atoms. The number of rotatable bonds is 3. The van der Waals surface area contributed by atoms with E-state index in [0.29, 0.717) is 5.02 Å². The highest BCUT2D eigenvalue weighted by atomic mass is 79.9. The lowest BCUT2D eigenvalue weighted by atomic mass is 10.1. The predicted molar refractivity (Wildman–Crippen MR) is 82.9 cm³/mol. The maximum Gasteiger partial charge on any atom is 0.0995 e. The molecule has 0 bridgehead atoms. The van der Waals surface area contributed by atoms with Crippen molar-refractivity contribution in [3.8, 4) is 5.69 Å². The number of nitrogens with zero attached hydrogens (tertiary/aromatic N) is 2. The van der Waals surface area contributed by atoms with Gasteiger partial charge in [-0.3, -0.25) is 0 Å². The fourth-order valence-electron chi connectivity index (χ4n) is 1.70. The molecule has 2 rings (SSSR count). The first-order chi connectivity index (χ1) is 8.88. The van der Waals surface area contributed by atoms with Crippen LogP contribution in [0.3, 0.4) is 0 Å². The molecule has 0 fully saturated rings. The molecule has 0 aliphatic carbocycles. The third-order valence-corrected chi connectivity index (χ3v) is 4.08. The van der Waals surface area contributed by atoms with E-state index in [1.165, 1.54) is 0 Å². The molecule has 0 saturated heterocycles. The highest BCUT2D eigenvalue weighted by molar-refractivity contribution is 9.10. The van der Waals surface area contributed by atoms with E-state index in [0.717, 1.165) is 22.4 Å². The monoisotopic (exact) mass is 341 g/mol. The lowest BCUT2D eigenvalue weighted by Gasteiger charge is -2.21. The van der Waals surface area contributed by atoms with Gasteiger partial charge in [-0.2, -0.15) is 0 Å². The van der Waals surface area contributed by atoms with Gasteiger partial charge in [0.25, 0.3) is 0 Å². The van der Waals surface area contributed by atoms with Crippen LogP contribution in [0.15, 0.2) is 35.2 Å². The van der Waals surface area contributed by atoms with Crippen LogP contribution in [-0.2, 0) is 6.54 Å². The zero-order chi connectivity index (χ0) is 14.0. The highest BCUT2D eigenvalue weighted by Gasteiger charge is 2.13. The van der Waals surface area contributed by atoms with Gasteiger partial charge in [0.15, 0.2) is 0 Å². The van der Waals surface area contributed by atoms with Gasteiger partial charge in [0.2, 0.25) is 0 Å². The van der Waals surface area contributed by atoms with Crippen molar-refractivity contribution in [1.29, 1.82) is 0 Å². The van der Waals surface area contributed by atoms with Gasteiger partial charge in [0, 0.05) is 18.3 Å². The molecule has 0 unspecified atom stereocenters. The van der Waals surface area contributed by atoms with Crippen LogP contribution in [0.4, 0.5) is 0 Å². The van der Waals surface area contributed by atoms with Gasteiger partial charge < -0.3 is 9.88 Å². The number of imidazole rings is 1. The number of aromatic nitrogens is 2. The standard InChI is InChI=1S/C14H17BrClN3/c1-14(2,3)18-8-10-7-17-9-19(10)12-6-4-5-11(16)13(12)15/h4-7,9,18H,8H2,1-3H3. The quantitative estimate of drug-likeness (QED) is 0.907. The van der Waals surface area contributed by atoms with E-state index in [1.54, 1.807) is 6.33 Å². The third-order valence-electron chi connectivity index (χ3n) is 2.71. The summed E-state index contributed by atoms with van der Waals surface area (Å²) in [6, 6.07) is 5.81. The van der Waals surface area contributed by atoms with Crippen LogP contribution in [0.1, 0.15) is 26.5 Å². The molecule has 1 aromatic heterocycles. The number of hydrogen-bond acceptors (Lipinski definition) is 2. The summed E-state index contributed by atoms with van der Waals surface area (Å²) in [5.41, 5.74) is 2.16. The van der Waals surface area contributed by atoms with Crippen molar-refractivity contribution in [1.82, 2.24) is 14.9 Å². The zero-order valence-electron chi connectivity index (χ0n) is 11.2. The van der Waals surface area contributed by atoms with Gasteiger partial charge in [0.1, 0.15) is 0 Å². The lowest BCUT2D eigenvalue weighted by Crippen LogP contribution is -2.35. The van der Waals surface area contributed by atoms with Gasteiger partial charge in [-0.25, -0.2) is 4.98 Å². The Bertz CT molecular complexity index is 572. The molecule has 0 amide bonds. The molecule has 3 nitrogen and oxygen atoms in total. The van der Waals surface area contributed by atoms with Gasteiger partial charge in [0.05, 0.1) is 27.2 Å². The first-order valence-electron chi connectivity index (χ1n) is 6.09. The Morgan fingerprint density at radius 1 is 1.37 bits per heavy atom. The SMILES string of the molecule is CC(C)(C)NCc1cncn1-c1cccc(Cl)c1Br. The molecule has 0 saturated carbocycles. The van der Waals surface area contributed by atoms with E-state index in [9.17, 15) is 0 Å². The Morgan fingerprint density at radius 3 is 2.79 bits per heavy atom.